The third kappa shape index (κ3) is 2.93. The fourth-order valence-corrected chi connectivity index (χ4v) is 2.60. The first-order valence-corrected chi connectivity index (χ1v) is 6.88. The van der Waals surface area contributed by atoms with Crippen LogP contribution in [-0.4, -0.2) is 37.6 Å². The van der Waals surface area contributed by atoms with Gasteiger partial charge in [-0.15, -0.1) is 11.6 Å². The average molecular weight is 253 g/mol. The highest BCUT2D eigenvalue weighted by Crippen LogP contribution is 2.20. The number of benzene rings is 1. The number of alkyl halides is 1. The Bertz CT molecular complexity index is 350. The minimum absolute atomic E-state index is 0.598. The van der Waals surface area contributed by atoms with Gasteiger partial charge in [0.25, 0.3) is 0 Å². The van der Waals surface area contributed by atoms with Gasteiger partial charge in [-0.1, -0.05) is 19.1 Å². The van der Waals surface area contributed by atoms with Gasteiger partial charge in [-0.2, -0.15) is 0 Å². The maximum absolute atomic E-state index is 5.81. The molecule has 0 aliphatic carbocycles. The molecular formula is C14H21ClN2. The Balaban J connectivity index is 2.06. The molecule has 1 heterocycles. The van der Waals surface area contributed by atoms with Crippen molar-refractivity contribution < 1.29 is 0 Å². The van der Waals surface area contributed by atoms with E-state index in [0.717, 1.165) is 19.6 Å². The van der Waals surface area contributed by atoms with Gasteiger partial charge in [0.15, 0.2) is 0 Å². The lowest BCUT2D eigenvalue weighted by atomic mass is 10.1. The van der Waals surface area contributed by atoms with Crippen molar-refractivity contribution in [2.24, 2.45) is 0 Å². The highest BCUT2D eigenvalue weighted by atomic mass is 35.5. The largest absolute Gasteiger partial charge is 0.369 e. The molecule has 1 fully saturated rings. The number of hydrogen-bond donors (Lipinski definition) is 0. The van der Waals surface area contributed by atoms with E-state index >= 15 is 0 Å². The smallest absolute Gasteiger partial charge is 0.0474 e. The summed E-state index contributed by atoms with van der Waals surface area (Å²) in [4.78, 5) is 4.94. The van der Waals surface area contributed by atoms with Crippen LogP contribution in [0.2, 0.25) is 0 Å². The van der Waals surface area contributed by atoms with Crippen molar-refractivity contribution in [3.63, 3.8) is 0 Å². The molecule has 0 spiro atoms. The SMILES string of the molecule is CCC1CN(c2ccc(CCl)cc2)CCN1C. The third-order valence-electron chi connectivity index (χ3n) is 3.70. The molecule has 1 aliphatic rings. The van der Waals surface area contributed by atoms with E-state index in [4.69, 9.17) is 11.6 Å². The van der Waals surface area contributed by atoms with Gasteiger partial charge in [0.05, 0.1) is 0 Å². The second-order valence-corrected chi connectivity index (χ2v) is 5.06. The molecule has 0 amide bonds. The number of anilines is 1. The van der Waals surface area contributed by atoms with E-state index in [1.807, 2.05) is 0 Å². The number of piperazine rings is 1. The van der Waals surface area contributed by atoms with Crippen LogP contribution in [-0.2, 0) is 5.88 Å². The standard InChI is InChI=1S/C14H21ClN2/c1-3-13-11-17(9-8-16(13)2)14-6-4-12(10-15)5-7-14/h4-7,13H,3,8-11H2,1-2H3. The summed E-state index contributed by atoms with van der Waals surface area (Å²) in [5, 5.41) is 0. The fourth-order valence-electron chi connectivity index (χ4n) is 2.42. The first-order valence-electron chi connectivity index (χ1n) is 6.34. The number of nitrogens with zero attached hydrogens (tertiary/aromatic N) is 2. The van der Waals surface area contributed by atoms with Gasteiger partial charge in [0, 0.05) is 37.2 Å². The summed E-state index contributed by atoms with van der Waals surface area (Å²) in [5.74, 6) is 0.598. The predicted molar refractivity (Wildman–Crippen MR) is 74.9 cm³/mol. The van der Waals surface area contributed by atoms with Crippen LogP contribution in [0.15, 0.2) is 24.3 Å². The molecule has 0 saturated carbocycles. The molecule has 2 rings (SSSR count). The second kappa shape index (κ2) is 5.74. The Kier molecular flexibility index (Phi) is 4.30. The monoisotopic (exact) mass is 252 g/mol. The maximum atomic E-state index is 5.81. The summed E-state index contributed by atoms with van der Waals surface area (Å²) in [6, 6.07) is 9.31. The summed E-state index contributed by atoms with van der Waals surface area (Å²) >= 11 is 5.81. The molecule has 94 valence electrons. The van der Waals surface area contributed by atoms with Gasteiger partial charge in [-0.25, -0.2) is 0 Å². The zero-order valence-electron chi connectivity index (χ0n) is 10.7. The Hall–Kier alpha value is -0.730. The van der Waals surface area contributed by atoms with Gasteiger partial charge < -0.3 is 4.90 Å². The molecule has 1 unspecified atom stereocenters. The highest BCUT2D eigenvalue weighted by Gasteiger charge is 2.22. The van der Waals surface area contributed by atoms with Gasteiger partial charge in [0.2, 0.25) is 0 Å². The molecule has 2 nitrogen and oxygen atoms in total. The molecule has 1 saturated heterocycles. The Morgan fingerprint density at radius 2 is 1.94 bits per heavy atom. The van der Waals surface area contributed by atoms with Gasteiger partial charge in [0.1, 0.15) is 0 Å². The molecule has 1 aromatic carbocycles. The fraction of sp³-hybridized carbons (Fsp3) is 0.571. The normalized spacial score (nSPS) is 21.8. The van der Waals surface area contributed by atoms with Crippen molar-refractivity contribution in [3.05, 3.63) is 29.8 Å². The van der Waals surface area contributed by atoms with Crippen LogP contribution in [0.5, 0.6) is 0 Å². The Morgan fingerprint density at radius 3 is 2.53 bits per heavy atom. The molecule has 1 atom stereocenters. The summed E-state index contributed by atoms with van der Waals surface area (Å²) in [7, 11) is 2.22. The summed E-state index contributed by atoms with van der Waals surface area (Å²) in [6.45, 7) is 5.66. The number of hydrogen-bond acceptors (Lipinski definition) is 2. The Morgan fingerprint density at radius 1 is 1.24 bits per heavy atom. The lowest BCUT2D eigenvalue weighted by Gasteiger charge is -2.40. The average Bonchev–Trinajstić information content (AvgIpc) is 2.39. The van der Waals surface area contributed by atoms with E-state index in [1.165, 1.54) is 17.7 Å². The minimum Gasteiger partial charge on any atom is -0.369 e. The second-order valence-electron chi connectivity index (χ2n) is 4.79. The topological polar surface area (TPSA) is 6.48 Å². The summed E-state index contributed by atoms with van der Waals surface area (Å²) in [5.41, 5.74) is 2.52. The molecule has 17 heavy (non-hydrogen) atoms. The van der Waals surface area contributed by atoms with Crippen molar-refractivity contribution in [2.45, 2.75) is 25.3 Å². The minimum atomic E-state index is 0.598. The first-order chi connectivity index (χ1) is 8.24. The van der Waals surface area contributed by atoms with Crippen molar-refractivity contribution in [2.75, 3.05) is 31.6 Å². The maximum Gasteiger partial charge on any atom is 0.0474 e. The van der Waals surface area contributed by atoms with E-state index in [0.29, 0.717) is 11.9 Å². The Labute approximate surface area is 109 Å². The van der Waals surface area contributed by atoms with Crippen molar-refractivity contribution in [1.82, 2.24) is 4.90 Å². The van der Waals surface area contributed by atoms with Crippen LogP contribution in [0.4, 0.5) is 5.69 Å². The first kappa shape index (κ1) is 12.7. The van der Waals surface area contributed by atoms with Crippen molar-refractivity contribution in [3.8, 4) is 0 Å². The van der Waals surface area contributed by atoms with Crippen LogP contribution in [0.3, 0.4) is 0 Å². The van der Waals surface area contributed by atoms with E-state index in [-0.39, 0.29) is 0 Å². The highest BCUT2D eigenvalue weighted by molar-refractivity contribution is 6.17. The lowest BCUT2D eigenvalue weighted by molar-refractivity contribution is 0.213. The van der Waals surface area contributed by atoms with Crippen LogP contribution >= 0.6 is 11.6 Å². The molecule has 1 aromatic rings. The summed E-state index contributed by atoms with van der Waals surface area (Å²) < 4.78 is 0. The van der Waals surface area contributed by atoms with Gasteiger partial charge in [-0.3, -0.25) is 4.90 Å². The molecule has 0 radical (unpaired) electrons. The van der Waals surface area contributed by atoms with E-state index in [2.05, 4.69) is 48.0 Å². The van der Waals surface area contributed by atoms with Crippen LogP contribution < -0.4 is 4.90 Å². The van der Waals surface area contributed by atoms with Crippen LogP contribution in [0, 0.1) is 0 Å². The zero-order chi connectivity index (χ0) is 12.3. The predicted octanol–water partition coefficient (Wildman–Crippen LogP) is 2.96. The van der Waals surface area contributed by atoms with Gasteiger partial charge >= 0.3 is 0 Å². The van der Waals surface area contributed by atoms with E-state index in [9.17, 15) is 0 Å². The lowest BCUT2D eigenvalue weighted by Crippen LogP contribution is -2.51. The van der Waals surface area contributed by atoms with Gasteiger partial charge in [-0.05, 0) is 31.2 Å². The van der Waals surface area contributed by atoms with Crippen LogP contribution in [0.1, 0.15) is 18.9 Å². The summed E-state index contributed by atoms with van der Waals surface area (Å²) in [6.07, 6.45) is 1.22. The number of halogens is 1. The molecular weight excluding hydrogens is 232 g/mol. The third-order valence-corrected chi connectivity index (χ3v) is 4.01. The number of rotatable bonds is 3. The van der Waals surface area contributed by atoms with Crippen LogP contribution in [0.25, 0.3) is 0 Å². The molecule has 0 aromatic heterocycles. The molecule has 3 heteroatoms. The zero-order valence-corrected chi connectivity index (χ0v) is 11.5. The van der Waals surface area contributed by atoms with E-state index < -0.39 is 0 Å². The van der Waals surface area contributed by atoms with Crippen molar-refractivity contribution >= 4 is 17.3 Å². The van der Waals surface area contributed by atoms with Crippen molar-refractivity contribution in [1.29, 1.82) is 0 Å². The van der Waals surface area contributed by atoms with E-state index in [1.54, 1.807) is 0 Å². The molecule has 0 bridgehead atoms. The number of likely N-dealkylation sites (N-methyl/N-ethyl adjacent to an activating group) is 1. The molecule has 1 aliphatic heterocycles. The quantitative estimate of drug-likeness (QED) is 0.764. The molecule has 0 N–H and O–H groups in total.